The smallest absolute Gasteiger partial charge is 0.349 e. The number of rotatable bonds is 8. The molecule has 6 rings (SSSR count). The summed E-state index contributed by atoms with van der Waals surface area (Å²) in [6.45, 7) is 1.87. The second-order valence-corrected chi connectivity index (χ2v) is 12.2. The van der Waals surface area contributed by atoms with E-state index in [9.17, 15) is 36.3 Å². The lowest BCUT2D eigenvalue weighted by Gasteiger charge is -2.28. The number of anilines is 1. The first kappa shape index (κ1) is 31.9. The topological polar surface area (TPSA) is 126 Å². The Morgan fingerprint density at radius 2 is 1.80 bits per heavy atom. The van der Waals surface area contributed by atoms with E-state index < -0.39 is 36.3 Å². The van der Waals surface area contributed by atoms with Gasteiger partial charge in [0.1, 0.15) is 6.54 Å². The number of alkyl halides is 5. The van der Waals surface area contributed by atoms with Crippen LogP contribution in [-0.2, 0) is 24.6 Å². The number of halogens is 6. The number of aromatic nitrogens is 4. The Hall–Kier alpha value is -4.05. The molecule has 3 amide bonds. The molecule has 1 saturated carbocycles. The van der Waals surface area contributed by atoms with E-state index >= 15 is 0 Å². The Morgan fingerprint density at radius 1 is 1.11 bits per heavy atom. The molecule has 3 fully saturated rings. The van der Waals surface area contributed by atoms with Crippen LogP contribution in [0, 0.1) is 17.8 Å². The fourth-order valence-corrected chi connectivity index (χ4v) is 6.63. The number of amides is 3. The van der Waals surface area contributed by atoms with Crippen molar-refractivity contribution in [1.82, 2.24) is 34.9 Å². The number of imidazole rings is 1. The van der Waals surface area contributed by atoms with Gasteiger partial charge in [0.2, 0.25) is 5.91 Å². The first-order valence-electron chi connectivity index (χ1n) is 14.7. The molecule has 2 aliphatic heterocycles. The van der Waals surface area contributed by atoms with Crippen LogP contribution in [0.2, 0.25) is 5.02 Å². The van der Waals surface area contributed by atoms with E-state index in [0.29, 0.717) is 17.8 Å². The molecule has 3 N–H and O–H groups in total. The average molecular weight is 669 g/mol. The zero-order valence-corrected chi connectivity index (χ0v) is 25.2. The minimum atomic E-state index is -4.94. The molecule has 11 nitrogen and oxygen atoms in total. The molecule has 2 aromatic heterocycles. The van der Waals surface area contributed by atoms with Gasteiger partial charge in [-0.15, -0.1) is 0 Å². The predicted molar refractivity (Wildman–Crippen MR) is 155 cm³/mol. The Bertz CT molecular complexity index is 1660. The number of nitrogens with one attached hydrogen (secondary N) is 3. The van der Waals surface area contributed by atoms with Crippen molar-refractivity contribution < 1.29 is 36.3 Å². The van der Waals surface area contributed by atoms with Gasteiger partial charge in [-0.1, -0.05) is 11.6 Å². The molecule has 4 heterocycles. The summed E-state index contributed by atoms with van der Waals surface area (Å²) >= 11 is 6.38. The third-order valence-electron chi connectivity index (χ3n) is 8.79. The second-order valence-electron chi connectivity index (χ2n) is 11.8. The van der Waals surface area contributed by atoms with E-state index in [0.717, 1.165) is 42.9 Å². The van der Waals surface area contributed by atoms with Gasteiger partial charge in [-0.2, -0.15) is 18.3 Å². The van der Waals surface area contributed by atoms with Crippen LogP contribution in [-0.4, -0.2) is 80.6 Å². The Morgan fingerprint density at radius 3 is 2.43 bits per heavy atom. The fourth-order valence-electron chi connectivity index (χ4n) is 6.36. The zero-order chi connectivity index (χ0) is 32.9. The average Bonchev–Trinajstić information content (AvgIpc) is 3.41. The highest BCUT2D eigenvalue weighted by Crippen LogP contribution is 2.46. The molecule has 2 atom stereocenters. The summed E-state index contributed by atoms with van der Waals surface area (Å²) in [5, 5.41) is 12.1. The van der Waals surface area contributed by atoms with Crippen molar-refractivity contribution in [3.8, 4) is 11.3 Å². The van der Waals surface area contributed by atoms with Gasteiger partial charge >= 0.3 is 6.18 Å². The highest BCUT2D eigenvalue weighted by molar-refractivity contribution is 6.34. The fraction of sp³-hybridized carbons (Fsp3) is 0.483. The van der Waals surface area contributed by atoms with Crippen molar-refractivity contribution in [2.24, 2.45) is 24.8 Å². The minimum absolute atomic E-state index is 0.0523. The Kier molecular flexibility index (Phi) is 8.52. The second kappa shape index (κ2) is 12.3. The molecule has 1 aliphatic carbocycles. The summed E-state index contributed by atoms with van der Waals surface area (Å²) in [5.74, 6) is -0.814. The molecule has 246 valence electrons. The molecule has 46 heavy (non-hydrogen) atoms. The summed E-state index contributed by atoms with van der Waals surface area (Å²) in [4.78, 5) is 44.6. The molecule has 17 heteroatoms. The van der Waals surface area contributed by atoms with E-state index in [2.05, 4.69) is 26.0 Å². The van der Waals surface area contributed by atoms with Gasteiger partial charge < -0.3 is 25.4 Å². The van der Waals surface area contributed by atoms with E-state index in [1.807, 2.05) is 4.90 Å². The number of nitrogens with zero attached hydrogens (tertiary/aromatic N) is 5. The van der Waals surface area contributed by atoms with Gasteiger partial charge in [0.25, 0.3) is 18.2 Å². The van der Waals surface area contributed by atoms with Gasteiger partial charge in [0.15, 0.2) is 11.5 Å². The lowest BCUT2D eigenvalue weighted by molar-refractivity contribution is -0.141. The molecule has 2 saturated heterocycles. The third kappa shape index (κ3) is 6.32. The predicted octanol–water partition coefficient (Wildman–Crippen LogP) is 3.66. The molecular weight excluding hydrogens is 639 g/mol. The molecule has 3 aromatic rings. The van der Waals surface area contributed by atoms with Crippen LogP contribution in [0.5, 0.6) is 0 Å². The van der Waals surface area contributed by atoms with E-state index in [4.69, 9.17) is 11.6 Å². The van der Waals surface area contributed by atoms with Gasteiger partial charge in [0, 0.05) is 55.8 Å². The summed E-state index contributed by atoms with van der Waals surface area (Å²) < 4.78 is 68.0. The number of benzene rings is 1. The minimum Gasteiger partial charge on any atom is -0.349 e. The summed E-state index contributed by atoms with van der Waals surface area (Å²) in [6.07, 6.45) is -4.34. The van der Waals surface area contributed by atoms with Crippen molar-refractivity contribution in [2.75, 3.05) is 31.5 Å². The van der Waals surface area contributed by atoms with E-state index in [1.165, 1.54) is 25.2 Å². The highest BCUT2D eigenvalue weighted by Gasteiger charge is 2.57. The molecule has 3 aliphatic rings. The largest absolute Gasteiger partial charge is 0.435 e. The van der Waals surface area contributed by atoms with Crippen molar-refractivity contribution in [2.45, 2.75) is 38.0 Å². The zero-order valence-electron chi connectivity index (χ0n) is 24.5. The van der Waals surface area contributed by atoms with Crippen molar-refractivity contribution >= 4 is 35.0 Å². The van der Waals surface area contributed by atoms with Crippen LogP contribution in [0.1, 0.15) is 39.5 Å². The van der Waals surface area contributed by atoms with Crippen molar-refractivity contribution in [1.29, 1.82) is 0 Å². The third-order valence-corrected chi connectivity index (χ3v) is 9.10. The first-order chi connectivity index (χ1) is 21.8. The van der Waals surface area contributed by atoms with Gasteiger partial charge in [-0.05, 0) is 44.1 Å². The molecule has 0 spiro atoms. The van der Waals surface area contributed by atoms with E-state index in [1.54, 1.807) is 0 Å². The number of carbonyl (C=O) groups is 3. The SMILES string of the molecule is Cn1c(-c2cn(CC(F)F)nc2C(F)(F)F)cnc1C(=O)Nc1ccc(C(=O)NC2C3CN(C(=O)C4CCNCC4)CC32)c(Cl)c1. The molecule has 0 radical (unpaired) electrons. The quantitative estimate of drug-likeness (QED) is 0.315. The van der Waals surface area contributed by atoms with Crippen LogP contribution in [0.15, 0.2) is 30.6 Å². The number of carbonyl (C=O) groups excluding carboxylic acids is 3. The van der Waals surface area contributed by atoms with Crippen molar-refractivity contribution in [3.63, 3.8) is 0 Å². The number of hydrogen-bond acceptors (Lipinski definition) is 6. The van der Waals surface area contributed by atoms with Crippen molar-refractivity contribution in [3.05, 3.63) is 52.7 Å². The normalized spacial score (nSPS) is 21.4. The lowest BCUT2D eigenvalue weighted by Crippen LogP contribution is -2.43. The summed E-state index contributed by atoms with van der Waals surface area (Å²) in [6, 6.07) is 4.20. The number of fused-ring (bicyclic) bond motifs is 1. The number of piperidine rings is 2. The van der Waals surface area contributed by atoms with Gasteiger partial charge in [-0.3, -0.25) is 19.1 Å². The molecule has 2 unspecified atom stereocenters. The first-order valence-corrected chi connectivity index (χ1v) is 15.1. The van der Waals surface area contributed by atoms with Gasteiger partial charge in [-0.25, -0.2) is 13.8 Å². The maximum absolute atomic E-state index is 13.6. The molecule has 0 bridgehead atoms. The Balaban J connectivity index is 1.07. The summed E-state index contributed by atoms with van der Waals surface area (Å²) in [5.41, 5.74) is -1.67. The van der Waals surface area contributed by atoms with E-state index in [-0.39, 0.29) is 63.4 Å². The van der Waals surface area contributed by atoms with Crippen LogP contribution in [0.25, 0.3) is 11.3 Å². The molecule has 1 aromatic carbocycles. The Labute approximate surface area is 264 Å². The lowest BCUT2D eigenvalue weighted by atomic mass is 9.96. The summed E-state index contributed by atoms with van der Waals surface area (Å²) in [7, 11) is 1.30. The van der Waals surface area contributed by atoms with Crippen LogP contribution in [0.3, 0.4) is 0 Å². The standard InChI is InChI=1S/C29H30ClF5N8O3/c1-41-21(19-12-43(13-22(31)32)40-24(19)29(33,34)35)9-37-25(41)27(45)38-15-2-3-16(20(30)8-15)26(44)39-23-17-10-42(11-18(17)23)28(46)14-4-6-36-7-5-14/h2-3,8-9,12,14,17-18,22-23,36H,4-7,10-11,13H2,1H3,(H,38,45)(H,39,44). The monoisotopic (exact) mass is 668 g/mol. The van der Waals surface area contributed by atoms with Crippen LogP contribution in [0.4, 0.5) is 27.6 Å². The van der Waals surface area contributed by atoms with Gasteiger partial charge in [0.05, 0.1) is 28.0 Å². The number of hydrogen-bond donors (Lipinski definition) is 3. The van der Waals surface area contributed by atoms with Crippen LogP contribution < -0.4 is 16.0 Å². The van der Waals surface area contributed by atoms with Crippen LogP contribution >= 0.6 is 11.6 Å². The highest BCUT2D eigenvalue weighted by atomic mass is 35.5. The molecular formula is C29H30ClF5N8O3. The maximum Gasteiger partial charge on any atom is 0.435 e. The maximum atomic E-state index is 13.6. The number of likely N-dealkylation sites (tertiary alicyclic amines) is 1.